The van der Waals surface area contributed by atoms with Gasteiger partial charge in [0.2, 0.25) is 0 Å². The van der Waals surface area contributed by atoms with Crippen LogP contribution >= 0.6 is 0 Å². The van der Waals surface area contributed by atoms with Crippen molar-refractivity contribution in [1.29, 1.82) is 0 Å². The topological polar surface area (TPSA) is 29.6 Å². The zero-order valence-electron chi connectivity index (χ0n) is 73.8. The van der Waals surface area contributed by atoms with E-state index >= 15 is 0 Å². The molecule has 6 heterocycles. The summed E-state index contributed by atoms with van der Waals surface area (Å²) < 4.78 is 14.2. The Balaban J connectivity index is 0.0000000987. The molecule has 6 aromatic heterocycles. The molecule has 0 N–H and O–H groups in total. The lowest BCUT2D eigenvalue weighted by Gasteiger charge is -2.09. The number of hydrogen-bond donors (Lipinski definition) is 0. The Morgan fingerprint density at radius 3 is 0.865 bits per heavy atom. The van der Waals surface area contributed by atoms with Crippen molar-refractivity contribution in [2.45, 2.75) is 83.1 Å². The lowest BCUT2D eigenvalue weighted by molar-refractivity contribution is 1.17. The second-order valence-corrected chi connectivity index (χ2v) is 34.0. The van der Waals surface area contributed by atoms with Crippen LogP contribution in [0.5, 0.6) is 0 Å². The third-order valence-electron chi connectivity index (χ3n) is 25.0. The predicted octanol–water partition coefficient (Wildman–Crippen LogP) is 32.4. The minimum atomic E-state index is 1.21. The van der Waals surface area contributed by atoms with Crippen LogP contribution in [0, 0.1) is 83.1 Å². The van der Waals surface area contributed by atoms with E-state index in [0.717, 1.165) is 0 Å². The molecule has 0 radical (unpaired) electrons. The molecule has 0 fully saturated rings. The number of fused-ring (bicyclic) bond motifs is 18. The molecule has 0 unspecified atom stereocenters. The van der Waals surface area contributed by atoms with E-state index in [-0.39, 0.29) is 0 Å². The first-order valence-corrected chi connectivity index (χ1v) is 43.9. The summed E-state index contributed by atoms with van der Waals surface area (Å²) in [5.74, 6) is 0. The Kier molecular flexibility index (Phi) is 21.9. The van der Waals surface area contributed by atoms with Gasteiger partial charge in [-0.25, -0.2) is 0 Å². The molecule has 18 aromatic carbocycles. The molecule has 0 atom stereocenters. The fraction of sp³-hybridized carbons (Fsp3) is 0.100. The highest BCUT2D eigenvalue weighted by Gasteiger charge is 2.21. The minimum absolute atomic E-state index is 1.21. The van der Waals surface area contributed by atoms with E-state index in [1.165, 1.54) is 232 Å². The molecule has 0 spiro atoms. The van der Waals surface area contributed by atoms with Crippen LogP contribution in [0.15, 0.2) is 400 Å². The van der Waals surface area contributed by atoms with Gasteiger partial charge in [0.05, 0.1) is 66.2 Å². The fourth-order valence-electron chi connectivity index (χ4n) is 19.2. The van der Waals surface area contributed by atoms with Gasteiger partial charge in [-0.3, -0.25) is 0 Å². The maximum absolute atomic E-state index is 2.38. The van der Waals surface area contributed by atoms with Crippen molar-refractivity contribution >= 4 is 131 Å². The van der Waals surface area contributed by atoms with Crippen molar-refractivity contribution in [3.05, 3.63) is 467 Å². The largest absolute Gasteiger partial charge is 0.309 e. The molecule has 24 rings (SSSR count). The molecule has 0 aliphatic heterocycles. The lowest BCUT2D eigenvalue weighted by atomic mass is 10.0. The van der Waals surface area contributed by atoms with Crippen LogP contribution in [0.25, 0.3) is 165 Å². The molecule has 6 heteroatoms. The average Bonchev–Trinajstić information content (AvgIpc) is 1.58. The van der Waals surface area contributed by atoms with Gasteiger partial charge in [0.1, 0.15) is 0 Å². The Morgan fingerprint density at radius 2 is 0.397 bits per heavy atom. The Hall–Kier alpha value is -15.2. The number of aryl methyl sites for hydroxylation is 12. The number of rotatable bonds is 6. The van der Waals surface area contributed by atoms with Gasteiger partial charge in [-0.2, -0.15) is 0 Å². The van der Waals surface area contributed by atoms with Crippen LogP contribution in [0.4, 0.5) is 0 Å². The summed E-state index contributed by atoms with van der Waals surface area (Å²) in [6.07, 6.45) is 0. The van der Waals surface area contributed by atoms with Gasteiger partial charge in [-0.1, -0.05) is 265 Å². The Morgan fingerprint density at radius 1 is 0.127 bits per heavy atom. The van der Waals surface area contributed by atoms with Crippen molar-refractivity contribution in [2.75, 3.05) is 0 Å². The van der Waals surface area contributed by atoms with Gasteiger partial charge in [-0.05, 0) is 285 Å². The van der Waals surface area contributed by atoms with Gasteiger partial charge in [-0.15, -0.1) is 0 Å². The molecular weight excluding hydrogens is 1530 g/mol. The van der Waals surface area contributed by atoms with Crippen LogP contribution in [0.1, 0.15) is 66.8 Å². The SMILES string of the molecule is Cc1ccc(-n2c3ccccc3c3cc(C)ccc32)cc1.Cc1ccc2c(c1)c1c(C)cccc1n2-c1ccccc1.Cc1ccc2c3c(C)cccc3n(-c3ccccc3)c2c1.Cc1cccc(-n2c3ccccc3c3cc(C)ccc32)c1.Cc1cccc2c1c1c(C)cccc1n2-c1ccccc1.Cc1cccc2c1c1cccc(C)c1n2-c1ccccc1. The second-order valence-electron chi connectivity index (χ2n) is 34.0. The molecule has 0 bridgehead atoms. The molecule has 24 aromatic rings. The van der Waals surface area contributed by atoms with Crippen LogP contribution in [-0.2, 0) is 0 Å². The van der Waals surface area contributed by atoms with Gasteiger partial charge < -0.3 is 27.4 Å². The number of nitrogens with zero attached hydrogens (tertiary/aromatic N) is 6. The van der Waals surface area contributed by atoms with Crippen molar-refractivity contribution in [3.63, 3.8) is 0 Å². The number of aromatic nitrogens is 6. The summed E-state index contributed by atoms with van der Waals surface area (Å²) in [4.78, 5) is 0. The Bertz CT molecular complexity index is 8050. The van der Waals surface area contributed by atoms with E-state index in [9.17, 15) is 0 Å². The van der Waals surface area contributed by atoms with E-state index < -0.39 is 0 Å². The van der Waals surface area contributed by atoms with Crippen molar-refractivity contribution < 1.29 is 0 Å². The fourth-order valence-corrected chi connectivity index (χ4v) is 19.2. The monoisotopic (exact) mass is 1630 g/mol. The van der Waals surface area contributed by atoms with Gasteiger partial charge in [0.15, 0.2) is 0 Å². The maximum Gasteiger partial charge on any atom is 0.0570 e. The summed E-state index contributed by atoms with van der Waals surface area (Å²) in [6.45, 7) is 26.0. The highest BCUT2D eigenvalue weighted by molar-refractivity contribution is 6.16. The lowest BCUT2D eigenvalue weighted by Crippen LogP contribution is -1.94. The van der Waals surface area contributed by atoms with Crippen molar-refractivity contribution in [1.82, 2.24) is 27.4 Å². The zero-order chi connectivity index (χ0) is 86.4. The molecule has 612 valence electrons. The van der Waals surface area contributed by atoms with Gasteiger partial charge >= 0.3 is 0 Å². The normalized spacial score (nSPS) is 11.3. The summed E-state index contributed by atoms with van der Waals surface area (Å²) in [5, 5.41) is 16.1. The first kappa shape index (κ1) is 80.5. The molecule has 0 aliphatic carbocycles. The standard InChI is InChI=1S/6C20H17N/c1-14-6-5-7-16(12-14)21-19-9-4-3-8-17(19)18-13-15(2)10-11-20(18)21;1-14-8-7-13-18-19(14)17-12-6-9-15(2)20(17)21(18)16-10-4-3-5-11-16;1-14-8-6-12-17-19(14)20-15(2)9-7-13-18(20)21(17)16-10-4-3-5-11-16;1-14-11-12-18-17(13-14)20-15(2)7-6-10-19(20)21(18)16-8-4-3-5-9-16;1-14-11-12-17-19(13-14)21(16-8-4-3-5-9-16)18-10-6-7-15(2)20(17)18;1-14-7-10-16(11-8-14)21-19-6-4-3-5-17(19)18-13-15(2)9-12-20(18)21/h6*3-13H,1-2H3. The maximum atomic E-state index is 2.38. The van der Waals surface area contributed by atoms with Crippen LogP contribution < -0.4 is 0 Å². The van der Waals surface area contributed by atoms with Crippen LogP contribution in [0.2, 0.25) is 0 Å². The first-order chi connectivity index (χ1) is 61.5. The highest BCUT2D eigenvalue weighted by Crippen LogP contribution is 2.42. The van der Waals surface area contributed by atoms with E-state index in [2.05, 4.69) is 511 Å². The molecule has 126 heavy (non-hydrogen) atoms. The van der Waals surface area contributed by atoms with E-state index in [1.54, 1.807) is 0 Å². The summed E-state index contributed by atoms with van der Waals surface area (Å²) in [6, 6.07) is 143. The smallest absolute Gasteiger partial charge is 0.0570 e. The quantitative estimate of drug-likeness (QED) is 0.159. The van der Waals surface area contributed by atoms with Gasteiger partial charge in [0, 0.05) is 98.8 Å². The Labute approximate surface area is 737 Å². The number of para-hydroxylation sites is 7. The van der Waals surface area contributed by atoms with Crippen LogP contribution in [-0.4, -0.2) is 27.4 Å². The zero-order valence-corrected chi connectivity index (χ0v) is 73.8. The molecular formula is C120H102N6. The minimum Gasteiger partial charge on any atom is -0.309 e. The first-order valence-electron chi connectivity index (χ1n) is 43.9. The van der Waals surface area contributed by atoms with E-state index in [0.29, 0.717) is 0 Å². The summed E-state index contributed by atoms with van der Waals surface area (Å²) >= 11 is 0. The van der Waals surface area contributed by atoms with Crippen molar-refractivity contribution in [2.24, 2.45) is 0 Å². The average molecular weight is 1630 g/mol. The highest BCUT2D eigenvalue weighted by atomic mass is 15.0. The van der Waals surface area contributed by atoms with Gasteiger partial charge in [0.25, 0.3) is 0 Å². The number of hydrogen-bond acceptors (Lipinski definition) is 0. The van der Waals surface area contributed by atoms with Crippen molar-refractivity contribution in [3.8, 4) is 34.1 Å². The molecule has 0 saturated carbocycles. The van der Waals surface area contributed by atoms with E-state index in [1.807, 2.05) is 0 Å². The van der Waals surface area contributed by atoms with E-state index in [4.69, 9.17) is 0 Å². The third kappa shape index (κ3) is 14.9. The molecule has 0 aliphatic rings. The molecule has 6 nitrogen and oxygen atoms in total. The molecule has 0 saturated heterocycles. The number of benzene rings is 18. The molecule has 0 amide bonds. The summed E-state index contributed by atoms with van der Waals surface area (Å²) in [5.41, 5.74) is 38.4. The predicted molar refractivity (Wildman–Crippen MR) is 542 cm³/mol. The second kappa shape index (κ2) is 34.2. The third-order valence-corrected chi connectivity index (χ3v) is 25.0. The summed E-state index contributed by atoms with van der Waals surface area (Å²) in [7, 11) is 0. The van der Waals surface area contributed by atoms with Crippen LogP contribution in [0.3, 0.4) is 0 Å².